The summed E-state index contributed by atoms with van der Waals surface area (Å²) in [4.78, 5) is 1.65. The first kappa shape index (κ1) is 13.1. The van der Waals surface area contributed by atoms with Crippen LogP contribution in [0.3, 0.4) is 0 Å². The lowest BCUT2D eigenvalue weighted by Crippen LogP contribution is -2.13. The van der Waals surface area contributed by atoms with E-state index < -0.39 is 5.82 Å². The van der Waals surface area contributed by atoms with Crippen LogP contribution in [0.1, 0.15) is 11.1 Å². The van der Waals surface area contributed by atoms with Gasteiger partial charge in [0.2, 0.25) is 0 Å². The second-order valence-electron chi connectivity index (χ2n) is 4.12. The Labute approximate surface area is 111 Å². The number of hydrogen-bond donors (Lipinski definition) is 1. The van der Waals surface area contributed by atoms with E-state index in [0.29, 0.717) is 16.8 Å². The van der Waals surface area contributed by atoms with E-state index in [0.717, 1.165) is 5.69 Å². The number of hydrogen-bond acceptors (Lipinski definition) is 3. The van der Waals surface area contributed by atoms with Crippen molar-refractivity contribution in [1.82, 2.24) is 0 Å². The van der Waals surface area contributed by atoms with E-state index in [4.69, 9.17) is 5.26 Å². The Morgan fingerprint density at radius 2 is 1.89 bits per heavy atom. The predicted molar refractivity (Wildman–Crippen MR) is 71.5 cm³/mol. The molecule has 2 aromatic carbocycles. The first-order chi connectivity index (χ1) is 9.17. The summed E-state index contributed by atoms with van der Waals surface area (Å²) in [6.45, 7) is -0.228. The molecule has 0 aliphatic carbocycles. The zero-order chi connectivity index (χ0) is 13.8. The summed E-state index contributed by atoms with van der Waals surface area (Å²) in [5.74, 6) is -0.390. The molecule has 0 aromatic heterocycles. The zero-order valence-electron chi connectivity index (χ0n) is 10.5. The first-order valence-electron chi connectivity index (χ1n) is 5.79. The van der Waals surface area contributed by atoms with Gasteiger partial charge in [0.05, 0.1) is 23.9 Å². The van der Waals surface area contributed by atoms with E-state index in [1.165, 1.54) is 6.07 Å². The third-order valence-electron chi connectivity index (χ3n) is 2.96. The number of anilines is 2. The highest BCUT2D eigenvalue weighted by Crippen LogP contribution is 2.29. The van der Waals surface area contributed by atoms with Crippen LogP contribution in [0.15, 0.2) is 42.5 Å². The van der Waals surface area contributed by atoms with Crippen LogP contribution < -0.4 is 4.90 Å². The Balaban J connectivity index is 2.43. The molecule has 0 bridgehead atoms. The van der Waals surface area contributed by atoms with E-state index in [1.54, 1.807) is 48.3 Å². The second kappa shape index (κ2) is 5.51. The molecule has 0 fully saturated rings. The summed E-state index contributed by atoms with van der Waals surface area (Å²) < 4.78 is 13.9. The number of halogens is 1. The van der Waals surface area contributed by atoms with E-state index in [9.17, 15) is 9.50 Å². The smallest absolute Gasteiger partial charge is 0.147 e. The Kier molecular flexibility index (Phi) is 3.79. The summed E-state index contributed by atoms with van der Waals surface area (Å²) in [5.41, 5.74) is 2.16. The fraction of sp³-hybridized carbons (Fsp3) is 0.133. The van der Waals surface area contributed by atoms with Gasteiger partial charge in [0, 0.05) is 18.3 Å². The molecule has 0 aliphatic heterocycles. The summed E-state index contributed by atoms with van der Waals surface area (Å²) in [5, 5.41) is 18.0. The Morgan fingerprint density at radius 1 is 1.21 bits per heavy atom. The van der Waals surface area contributed by atoms with E-state index >= 15 is 0 Å². The number of aliphatic hydroxyl groups excluding tert-OH is 1. The quantitative estimate of drug-likeness (QED) is 0.918. The van der Waals surface area contributed by atoms with Crippen molar-refractivity contribution in [3.63, 3.8) is 0 Å². The second-order valence-corrected chi connectivity index (χ2v) is 4.12. The fourth-order valence-electron chi connectivity index (χ4n) is 1.95. The highest BCUT2D eigenvalue weighted by atomic mass is 19.1. The number of rotatable bonds is 3. The van der Waals surface area contributed by atoms with Crippen molar-refractivity contribution < 1.29 is 9.50 Å². The molecule has 0 saturated heterocycles. The molecule has 0 atom stereocenters. The average molecular weight is 256 g/mol. The minimum Gasteiger partial charge on any atom is -0.392 e. The van der Waals surface area contributed by atoms with Gasteiger partial charge in [-0.15, -0.1) is 0 Å². The molecule has 0 spiro atoms. The average Bonchev–Trinajstić information content (AvgIpc) is 2.46. The van der Waals surface area contributed by atoms with Crippen molar-refractivity contribution in [2.45, 2.75) is 6.61 Å². The van der Waals surface area contributed by atoms with Crippen molar-refractivity contribution in [3.05, 3.63) is 59.4 Å². The van der Waals surface area contributed by atoms with Crippen molar-refractivity contribution >= 4 is 11.4 Å². The highest BCUT2D eigenvalue weighted by molar-refractivity contribution is 5.66. The van der Waals surface area contributed by atoms with E-state index in [2.05, 4.69) is 0 Å². The monoisotopic (exact) mass is 256 g/mol. The maximum absolute atomic E-state index is 13.9. The predicted octanol–water partition coefficient (Wildman–Crippen LogP) is 2.96. The first-order valence-corrected chi connectivity index (χ1v) is 5.79. The summed E-state index contributed by atoms with van der Waals surface area (Å²) in [6, 6.07) is 13.5. The van der Waals surface area contributed by atoms with Gasteiger partial charge in [-0.25, -0.2) is 4.39 Å². The van der Waals surface area contributed by atoms with Crippen molar-refractivity contribution in [2.24, 2.45) is 0 Å². The third-order valence-corrected chi connectivity index (χ3v) is 2.96. The molecular weight excluding hydrogens is 243 g/mol. The van der Waals surface area contributed by atoms with Crippen LogP contribution in [0.25, 0.3) is 0 Å². The van der Waals surface area contributed by atoms with Gasteiger partial charge in [0.1, 0.15) is 5.82 Å². The van der Waals surface area contributed by atoms with Gasteiger partial charge in [-0.1, -0.05) is 12.1 Å². The molecule has 0 heterocycles. The van der Waals surface area contributed by atoms with Crippen LogP contribution in [-0.4, -0.2) is 12.2 Å². The van der Waals surface area contributed by atoms with Crippen molar-refractivity contribution in [2.75, 3.05) is 11.9 Å². The lowest BCUT2D eigenvalue weighted by atomic mass is 10.1. The molecule has 0 unspecified atom stereocenters. The molecule has 96 valence electrons. The van der Waals surface area contributed by atoms with Crippen LogP contribution in [0, 0.1) is 17.1 Å². The lowest BCUT2D eigenvalue weighted by molar-refractivity contribution is 0.281. The summed E-state index contributed by atoms with van der Waals surface area (Å²) >= 11 is 0. The maximum atomic E-state index is 13.9. The molecule has 0 radical (unpaired) electrons. The number of benzene rings is 2. The van der Waals surface area contributed by atoms with Gasteiger partial charge < -0.3 is 10.0 Å². The van der Waals surface area contributed by atoms with Crippen molar-refractivity contribution in [3.8, 4) is 6.07 Å². The highest BCUT2D eigenvalue weighted by Gasteiger charge is 2.13. The Hall–Kier alpha value is -2.38. The Bertz CT molecular complexity index is 617. The number of para-hydroxylation sites is 1. The molecule has 0 amide bonds. The molecule has 1 N–H and O–H groups in total. The fourth-order valence-corrected chi connectivity index (χ4v) is 1.95. The lowest BCUT2D eigenvalue weighted by Gasteiger charge is -2.22. The number of aliphatic hydroxyl groups is 1. The molecule has 2 aromatic rings. The van der Waals surface area contributed by atoms with Gasteiger partial charge in [0.25, 0.3) is 0 Å². The van der Waals surface area contributed by atoms with E-state index in [-0.39, 0.29) is 6.61 Å². The third kappa shape index (κ3) is 2.56. The summed E-state index contributed by atoms with van der Waals surface area (Å²) in [6.07, 6.45) is 0. The minimum absolute atomic E-state index is 0.228. The van der Waals surface area contributed by atoms with Crippen molar-refractivity contribution in [1.29, 1.82) is 5.26 Å². The summed E-state index contributed by atoms with van der Waals surface area (Å²) in [7, 11) is 1.72. The molecule has 0 saturated carbocycles. The molecule has 2 rings (SSSR count). The van der Waals surface area contributed by atoms with Gasteiger partial charge in [0.15, 0.2) is 0 Å². The normalized spacial score (nSPS) is 10.0. The van der Waals surface area contributed by atoms with Crippen LogP contribution in [0.5, 0.6) is 0 Å². The Morgan fingerprint density at radius 3 is 2.47 bits per heavy atom. The molecular formula is C15H13FN2O. The standard InChI is InChI=1S/C15H13FN2O/c1-18(13-7-5-11(9-17)6-8-13)15-12(10-19)3-2-4-14(15)16/h2-8,19H,10H2,1H3. The van der Waals surface area contributed by atoms with Crippen LogP contribution in [-0.2, 0) is 6.61 Å². The van der Waals surface area contributed by atoms with Gasteiger partial charge in [-0.2, -0.15) is 5.26 Å². The largest absolute Gasteiger partial charge is 0.392 e. The van der Waals surface area contributed by atoms with Crippen LogP contribution in [0.2, 0.25) is 0 Å². The molecule has 19 heavy (non-hydrogen) atoms. The SMILES string of the molecule is CN(c1ccc(C#N)cc1)c1c(F)cccc1CO. The van der Waals surface area contributed by atoms with Crippen LogP contribution >= 0.6 is 0 Å². The molecule has 0 aliphatic rings. The van der Waals surface area contributed by atoms with Gasteiger partial charge in [-0.3, -0.25) is 0 Å². The topological polar surface area (TPSA) is 47.3 Å². The molecule has 4 heteroatoms. The minimum atomic E-state index is -0.390. The van der Waals surface area contributed by atoms with E-state index in [1.807, 2.05) is 6.07 Å². The van der Waals surface area contributed by atoms with Gasteiger partial charge in [-0.05, 0) is 30.3 Å². The van der Waals surface area contributed by atoms with Gasteiger partial charge >= 0.3 is 0 Å². The zero-order valence-corrected chi connectivity index (χ0v) is 10.5. The number of nitriles is 1. The van der Waals surface area contributed by atoms with Crippen LogP contribution in [0.4, 0.5) is 15.8 Å². The molecule has 3 nitrogen and oxygen atoms in total. The number of nitrogens with zero attached hydrogens (tertiary/aromatic N) is 2. The maximum Gasteiger partial charge on any atom is 0.147 e.